The van der Waals surface area contributed by atoms with E-state index < -0.39 is 0 Å². The predicted octanol–water partition coefficient (Wildman–Crippen LogP) is 2.99. The minimum absolute atomic E-state index is 0.244. The van der Waals surface area contributed by atoms with Gasteiger partial charge in [0, 0.05) is 32.6 Å². The van der Waals surface area contributed by atoms with Crippen molar-refractivity contribution in [3.05, 3.63) is 70.7 Å². The number of hydrogen-bond donors (Lipinski definition) is 0. The van der Waals surface area contributed by atoms with Crippen molar-refractivity contribution < 1.29 is 14.3 Å². The first-order valence-corrected chi connectivity index (χ1v) is 10.3. The van der Waals surface area contributed by atoms with E-state index in [1.165, 1.54) is 4.90 Å². The quantitative estimate of drug-likeness (QED) is 0.598. The van der Waals surface area contributed by atoms with Gasteiger partial charge in [-0.3, -0.25) is 19.5 Å². The largest absolute Gasteiger partial charge is 0.383 e. The monoisotopic (exact) mass is 407 g/mol. The first-order valence-electron chi connectivity index (χ1n) is 10.3. The molecule has 6 nitrogen and oxygen atoms in total. The van der Waals surface area contributed by atoms with Crippen molar-refractivity contribution in [3.63, 3.8) is 0 Å². The highest BCUT2D eigenvalue weighted by atomic mass is 16.5. The molecule has 1 aromatic heterocycles. The van der Waals surface area contributed by atoms with Gasteiger partial charge in [0.15, 0.2) is 0 Å². The lowest BCUT2D eigenvalue weighted by Gasteiger charge is -2.25. The molecule has 2 heterocycles. The molecule has 0 fully saturated rings. The van der Waals surface area contributed by atoms with Gasteiger partial charge >= 0.3 is 0 Å². The molecule has 158 valence electrons. The summed E-state index contributed by atoms with van der Waals surface area (Å²) in [5.74, 6) is -0.500. The van der Waals surface area contributed by atoms with Gasteiger partial charge in [0.2, 0.25) is 0 Å². The van der Waals surface area contributed by atoms with E-state index in [1.54, 1.807) is 19.5 Å². The third-order valence-corrected chi connectivity index (χ3v) is 5.58. The molecule has 0 N–H and O–H groups in total. The Balaban J connectivity index is 2.00. The fraction of sp³-hybridized carbons (Fsp3) is 0.375. The molecule has 0 radical (unpaired) electrons. The van der Waals surface area contributed by atoms with Gasteiger partial charge in [0.25, 0.3) is 11.8 Å². The highest BCUT2D eigenvalue weighted by Gasteiger charge is 2.41. The van der Waals surface area contributed by atoms with Crippen molar-refractivity contribution in [2.75, 3.05) is 33.4 Å². The highest BCUT2D eigenvalue weighted by Crippen LogP contribution is 2.32. The van der Waals surface area contributed by atoms with Crippen molar-refractivity contribution in [1.29, 1.82) is 0 Å². The van der Waals surface area contributed by atoms with Crippen LogP contribution in [0, 0.1) is 13.8 Å². The Labute approximate surface area is 178 Å². The lowest BCUT2D eigenvalue weighted by molar-refractivity contribution is -0.138. The SMILES string of the molecule is CCN(CCc1ccncc1)C1=C(c2ccc(C)c(C)c2)C(=O)N(CCOC)C1=O. The summed E-state index contributed by atoms with van der Waals surface area (Å²) in [6.45, 7) is 7.89. The van der Waals surface area contributed by atoms with E-state index in [9.17, 15) is 9.59 Å². The number of methoxy groups -OCH3 is 1. The highest BCUT2D eigenvalue weighted by molar-refractivity contribution is 6.35. The molecule has 1 aromatic carbocycles. The summed E-state index contributed by atoms with van der Waals surface area (Å²) >= 11 is 0. The van der Waals surface area contributed by atoms with Gasteiger partial charge < -0.3 is 9.64 Å². The van der Waals surface area contributed by atoms with Crippen LogP contribution in [0.1, 0.15) is 29.2 Å². The summed E-state index contributed by atoms with van der Waals surface area (Å²) in [5, 5.41) is 0. The Morgan fingerprint density at radius 2 is 1.77 bits per heavy atom. The summed E-state index contributed by atoms with van der Waals surface area (Å²) in [6, 6.07) is 9.86. The van der Waals surface area contributed by atoms with Crippen LogP contribution in [0.5, 0.6) is 0 Å². The minimum Gasteiger partial charge on any atom is -0.383 e. The van der Waals surface area contributed by atoms with Crippen LogP contribution in [0.2, 0.25) is 0 Å². The van der Waals surface area contributed by atoms with Crippen molar-refractivity contribution in [3.8, 4) is 0 Å². The van der Waals surface area contributed by atoms with E-state index in [1.807, 2.05) is 56.0 Å². The molecule has 0 aliphatic carbocycles. The average Bonchev–Trinajstić information content (AvgIpc) is 3.00. The van der Waals surface area contributed by atoms with Crippen LogP contribution in [0.4, 0.5) is 0 Å². The maximum atomic E-state index is 13.3. The molecule has 6 heteroatoms. The van der Waals surface area contributed by atoms with Gasteiger partial charge in [0.1, 0.15) is 5.70 Å². The second-order valence-electron chi connectivity index (χ2n) is 7.46. The topological polar surface area (TPSA) is 62.7 Å². The summed E-state index contributed by atoms with van der Waals surface area (Å²) < 4.78 is 5.12. The molecule has 0 saturated heterocycles. The maximum absolute atomic E-state index is 13.3. The first kappa shape index (κ1) is 21.7. The van der Waals surface area contributed by atoms with Crippen molar-refractivity contribution >= 4 is 17.4 Å². The van der Waals surface area contributed by atoms with E-state index >= 15 is 0 Å². The summed E-state index contributed by atoms with van der Waals surface area (Å²) in [7, 11) is 1.57. The molecular formula is C24H29N3O3. The van der Waals surface area contributed by atoms with E-state index in [0.29, 0.717) is 31.0 Å². The molecule has 0 saturated carbocycles. The number of amides is 2. The molecule has 1 aliphatic rings. The smallest absolute Gasteiger partial charge is 0.277 e. The van der Waals surface area contributed by atoms with Crippen LogP contribution in [-0.2, 0) is 20.7 Å². The number of rotatable bonds is 9. The third kappa shape index (κ3) is 4.44. The number of hydrogen-bond acceptors (Lipinski definition) is 5. The van der Waals surface area contributed by atoms with Crippen molar-refractivity contribution in [2.45, 2.75) is 27.2 Å². The molecule has 0 unspecified atom stereocenters. The Kier molecular flexibility index (Phi) is 7.00. The number of aryl methyl sites for hydroxylation is 2. The number of carbonyl (C=O) groups excluding carboxylic acids is 2. The lowest BCUT2D eigenvalue weighted by Crippen LogP contribution is -2.37. The number of nitrogens with zero attached hydrogens (tertiary/aromatic N) is 3. The van der Waals surface area contributed by atoms with Crippen LogP contribution in [0.25, 0.3) is 5.57 Å². The van der Waals surface area contributed by atoms with Gasteiger partial charge in [-0.15, -0.1) is 0 Å². The number of carbonyl (C=O) groups is 2. The van der Waals surface area contributed by atoms with Crippen LogP contribution in [-0.4, -0.2) is 59.9 Å². The Morgan fingerprint density at radius 3 is 2.40 bits per heavy atom. The summed E-state index contributed by atoms with van der Waals surface area (Å²) in [5.41, 5.74) is 5.14. The second kappa shape index (κ2) is 9.67. The normalized spacial score (nSPS) is 14.1. The van der Waals surface area contributed by atoms with Crippen molar-refractivity contribution in [1.82, 2.24) is 14.8 Å². The number of benzene rings is 1. The van der Waals surface area contributed by atoms with Gasteiger partial charge in [-0.1, -0.05) is 18.2 Å². The molecule has 2 aromatic rings. The zero-order valence-electron chi connectivity index (χ0n) is 18.1. The zero-order valence-corrected chi connectivity index (χ0v) is 18.1. The Bertz CT molecular complexity index is 953. The number of likely N-dealkylation sites (N-methyl/N-ethyl adjacent to an activating group) is 1. The van der Waals surface area contributed by atoms with Crippen LogP contribution >= 0.6 is 0 Å². The maximum Gasteiger partial charge on any atom is 0.277 e. The molecule has 0 atom stereocenters. The average molecular weight is 408 g/mol. The van der Waals surface area contributed by atoms with Crippen molar-refractivity contribution in [2.24, 2.45) is 0 Å². The van der Waals surface area contributed by atoms with Gasteiger partial charge in [-0.05, 0) is 61.6 Å². The van der Waals surface area contributed by atoms with Gasteiger partial charge in [0.05, 0.1) is 18.7 Å². The number of imide groups is 1. The van der Waals surface area contributed by atoms with Crippen LogP contribution < -0.4 is 0 Å². The summed E-state index contributed by atoms with van der Waals surface area (Å²) in [6.07, 6.45) is 4.30. The molecular weight excluding hydrogens is 378 g/mol. The van der Waals surface area contributed by atoms with Crippen LogP contribution in [0.3, 0.4) is 0 Å². The molecule has 30 heavy (non-hydrogen) atoms. The number of pyridine rings is 1. The molecule has 0 spiro atoms. The van der Waals surface area contributed by atoms with E-state index in [2.05, 4.69) is 4.98 Å². The molecule has 2 amide bonds. The molecule has 1 aliphatic heterocycles. The molecule has 0 bridgehead atoms. The fourth-order valence-electron chi connectivity index (χ4n) is 3.64. The number of aromatic nitrogens is 1. The van der Waals surface area contributed by atoms with E-state index in [0.717, 1.165) is 28.7 Å². The first-order chi connectivity index (χ1) is 14.5. The minimum atomic E-state index is -0.252. The standard InChI is InChI=1S/C24H29N3O3/c1-5-26(13-10-19-8-11-25-12-9-19)22-21(20-7-6-17(2)18(3)16-20)23(28)27(24(22)29)14-15-30-4/h6-9,11-12,16H,5,10,13-15H2,1-4H3. The Morgan fingerprint density at radius 1 is 1.03 bits per heavy atom. The fourth-order valence-corrected chi connectivity index (χ4v) is 3.64. The van der Waals surface area contributed by atoms with Gasteiger partial charge in [-0.2, -0.15) is 0 Å². The lowest BCUT2D eigenvalue weighted by atomic mass is 9.99. The predicted molar refractivity (Wildman–Crippen MR) is 117 cm³/mol. The zero-order chi connectivity index (χ0) is 21.7. The van der Waals surface area contributed by atoms with Gasteiger partial charge in [-0.25, -0.2) is 0 Å². The number of ether oxygens (including phenoxy) is 1. The van der Waals surface area contributed by atoms with Crippen LogP contribution in [0.15, 0.2) is 48.4 Å². The van der Waals surface area contributed by atoms with E-state index in [4.69, 9.17) is 4.74 Å². The molecule has 3 rings (SSSR count). The summed E-state index contributed by atoms with van der Waals surface area (Å²) in [4.78, 5) is 34.0. The Hall–Kier alpha value is -2.99. The second-order valence-corrected chi connectivity index (χ2v) is 7.46. The third-order valence-electron chi connectivity index (χ3n) is 5.58. The van der Waals surface area contributed by atoms with E-state index in [-0.39, 0.29) is 18.4 Å².